The number of fused-ring (bicyclic) bond motifs is 2. The number of para-hydroxylation sites is 1. The lowest BCUT2D eigenvalue weighted by Crippen LogP contribution is -2.43. The van der Waals surface area contributed by atoms with Gasteiger partial charge in [-0.25, -0.2) is 0 Å². The first-order valence-corrected chi connectivity index (χ1v) is 11.2. The fraction of sp³-hybridized carbons (Fsp3) is 0.360. The molecule has 32 heavy (non-hydrogen) atoms. The van der Waals surface area contributed by atoms with Crippen LogP contribution in [0.15, 0.2) is 42.2 Å². The molecule has 0 radical (unpaired) electrons. The Hall–Kier alpha value is -3.16. The highest BCUT2D eigenvalue weighted by molar-refractivity contribution is 6.15. The van der Waals surface area contributed by atoms with Crippen LogP contribution in [-0.4, -0.2) is 53.7 Å². The zero-order chi connectivity index (χ0) is 22.1. The van der Waals surface area contributed by atoms with Crippen molar-refractivity contribution in [1.82, 2.24) is 20.4 Å². The molecule has 7 nitrogen and oxygen atoms in total. The van der Waals surface area contributed by atoms with Gasteiger partial charge >= 0.3 is 0 Å². The van der Waals surface area contributed by atoms with Crippen molar-refractivity contribution in [3.63, 3.8) is 0 Å². The van der Waals surface area contributed by atoms with Crippen molar-refractivity contribution in [2.24, 2.45) is 5.92 Å². The molecule has 3 heterocycles. The molecule has 0 unspecified atom stereocenters. The van der Waals surface area contributed by atoms with Gasteiger partial charge in [0.1, 0.15) is 11.5 Å². The lowest BCUT2D eigenvalue weighted by molar-refractivity contribution is 0.101. The highest BCUT2D eigenvalue weighted by atomic mass is 16.5. The van der Waals surface area contributed by atoms with Gasteiger partial charge in [-0.05, 0) is 24.1 Å². The second kappa shape index (κ2) is 8.76. The number of aromatic amines is 1. The molecule has 0 spiro atoms. The Balaban J connectivity index is 1.50. The second-order valence-electron chi connectivity index (χ2n) is 8.74. The maximum Gasteiger partial charge on any atom is 0.232 e. The number of nitrogens with zero attached hydrogens (tertiary/aromatic N) is 2. The van der Waals surface area contributed by atoms with Gasteiger partial charge in [0.25, 0.3) is 0 Å². The van der Waals surface area contributed by atoms with Gasteiger partial charge in [0.2, 0.25) is 5.78 Å². The number of aromatic nitrogens is 2. The molecule has 3 aromatic rings. The molecule has 5 rings (SSSR count). The smallest absolute Gasteiger partial charge is 0.232 e. The minimum Gasteiger partial charge on any atom is -0.493 e. The highest BCUT2D eigenvalue weighted by Crippen LogP contribution is 2.41. The molecule has 0 amide bonds. The highest BCUT2D eigenvalue weighted by Gasteiger charge is 2.32. The maximum atomic E-state index is 13.2. The number of ether oxygens (including phenoxy) is 2. The van der Waals surface area contributed by atoms with Crippen molar-refractivity contribution >= 4 is 22.8 Å². The summed E-state index contributed by atoms with van der Waals surface area (Å²) in [5.74, 6) is 1.97. The van der Waals surface area contributed by atoms with Crippen molar-refractivity contribution in [1.29, 1.82) is 0 Å². The number of nitrogens with one attached hydrogen (secondary N) is 2. The largest absolute Gasteiger partial charge is 0.493 e. The van der Waals surface area contributed by atoms with Gasteiger partial charge in [0.15, 0.2) is 5.76 Å². The van der Waals surface area contributed by atoms with Crippen LogP contribution in [0.25, 0.3) is 17.0 Å². The maximum absolute atomic E-state index is 13.2. The third-order valence-electron chi connectivity index (χ3n) is 5.83. The predicted octanol–water partition coefficient (Wildman–Crippen LogP) is 3.62. The molecule has 1 aromatic heterocycles. The Morgan fingerprint density at radius 3 is 2.81 bits per heavy atom. The summed E-state index contributed by atoms with van der Waals surface area (Å²) in [4.78, 5) is 15.6. The molecule has 2 N–H and O–H groups in total. The quantitative estimate of drug-likeness (QED) is 0.579. The molecule has 2 aromatic carbocycles. The number of piperazine rings is 1. The van der Waals surface area contributed by atoms with E-state index >= 15 is 0 Å². The van der Waals surface area contributed by atoms with E-state index in [4.69, 9.17) is 9.47 Å². The molecule has 0 saturated carbocycles. The van der Waals surface area contributed by atoms with Gasteiger partial charge in [0.05, 0.1) is 28.9 Å². The van der Waals surface area contributed by atoms with E-state index in [0.717, 1.165) is 48.4 Å². The topological polar surface area (TPSA) is 79.5 Å². The van der Waals surface area contributed by atoms with Crippen molar-refractivity contribution in [3.05, 3.63) is 59.0 Å². The summed E-state index contributed by atoms with van der Waals surface area (Å²) in [7, 11) is 0. The lowest BCUT2D eigenvalue weighted by atomic mass is 10.0. The zero-order valence-electron chi connectivity index (χ0n) is 18.5. The van der Waals surface area contributed by atoms with E-state index in [-0.39, 0.29) is 5.78 Å². The molecule has 0 bridgehead atoms. The first-order valence-electron chi connectivity index (χ1n) is 11.2. The SMILES string of the molecule is CC(C)COc1ccc2c(c1CN1CCNCC1)OC(=Cc1n[nH]c3ccccc13)C2=O. The number of carbonyl (C=O) groups excluding carboxylic acids is 1. The number of ketones is 1. The first-order chi connectivity index (χ1) is 15.6. The lowest BCUT2D eigenvalue weighted by Gasteiger charge is -2.28. The molecule has 0 aliphatic carbocycles. The van der Waals surface area contributed by atoms with E-state index < -0.39 is 0 Å². The Morgan fingerprint density at radius 1 is 1.19 bits per heavy atom. The average Bonchev–Trinajstić information content (AvgIpc) is 3.35. The fourth-order valence-electron chi connectivity index (χ4n) is 4.14. The Labute approximate surface area is 187 Å². The number of hydrogen-bond acceptors (Lipinski definition) is 6. The van der Waals surface area contributed by atoms with Gasteiger partial charge in [-0.1, -0.05) is 32.0 Å². The number of Topliss-reactive ketones (excluding diaryl/α,β-unsaturated/α-hetero) is 1. The average molecular weight is 433 g/mol. The molecule has 0 atom stereocenters. The monoisotopic (exact) mass is 432 g/mol. The summed E-state index contributed by atoms with van der Waals surface area (Å²) in [5.41, 5.74) is 3.13. The van der Waals surface area contributed by atoms with Crippen LogP contribution >= 0.6 is 0 Å². The van der Waals surface area contributed by atoms with E-state index in [1.165, 1.54) is 0 Å². The summed E-state index contributed by atoms with van der Waals surface area (Å²) >= 11 is 0. The van der Waals surface area contributed by atoms with Crippen molar-refractivity contribution in [2.75, 3.05) is 32.8 Å². The van der Waals surface area contributed by atoms with Crippen molar-refractivity contribution < 1.29 is 14.3 Å². The van der Waals surface area contributed by atoms with Crippen LogP contribution in [0.3, 0.4) is 0 Å². The van der Waals surface area contributed by atoms with E-state index in [0.29, 0.717) is 41.8 Å². The molecule has 7 heteroatoms. The third kappa shape index (κ3) is 4.01. The van der Waals surface area contributed by atoms with Crippen LogP contribution in [0, 0.1) is 5.92 Å². The number of benzene rings is 2. The number of carbonyl (C=O) groups is 1. The molecular weight excluding hydrogens is 404 g/mol. The minimum absolute atomic E-state index is 0.121. The second-order valence-corrected chi connectivity index (χ2v) is 8.74. The number of rotatable bonds is 6. The summed E-state index contributed by atoms with van der Waals surface area (Å²) in [6.07, 6.45) is 1.73. The van der Waals surface area contributed by atoms with Gasteiger partial charge in [-0.2, -0.15) is 5.10 Å². The predicted molar refractivity (Wildman–Crippen MR) is 124 cm³/mol. The van der Waals surface area contributed by atoms with E-state index in [1.807, 2.05) is 36.4 Å². The van der Waals surface area contributed by atoms with Crippen LogP contribution in [0.5, 0.6) is 11.5 Å². The van der Waals surface area contributed by atoms with Gasteiger partial charge in [-0.15, -0.1) is 0 Å². The van der Waals surface area contributed by atoms with Crippen LogP contribution in [-0.2, 0) is 6.54 Å². The standard InChI is InChI=1S/C25H28N4O3/c1-16(2)15-31-22-8-7-18-24(30)23(13-21-17-5-3-4-6-20(17)27-28-21)32-25(18)19(22)14-29-11-9-26-10-12-29/h3-8,13,16,26H,9-12,14-15H2,1-2H3,(H,27,28). The molecule has 166 valence electrons. The van der Waals surface area contributed by atoms with Crippen LogP contribution in [0.1, 0.15) is 35.5 Å². The number of allylic oxidation sites excluding steroid dienone is 1. The summed E-state index contributed by atoms with van der Waals surface area (Å²) in [6, 6.07) is 11.6. The van der Waals surface area contributed by atoms with Crippen LogP contribution in [0.4, 0.5) is 0 Å². The van der Waals surface area contributed by atoms with Crippen LogP contribution < -0.4 is 14.8 Å². The fourth-order valence-corrected chi connectivity index (χ4v) is 4.14. The summed E-state index contributed by atoms with van der Waals surface area (Å²) < 4.78 is 12.3. The van der Waals surface area contributed by atoms with Gasteiger partial charge in [-0.3, -0.25) is 14.8 Å². The summed E-state index contributed by atoms with van der Waals surface area (Å²) in [5, 5.41) is 11.7. The van der Waals surface area contributed by atoms with Crippen molar-refractivity contribution in [3.8, 4) is 11.5 Å². The minimum atomic E-state index is -0.121. The molecule has 1 fully saturated rings. The van der Waals surface area contributed by atoms with Crippen LogP contribution in [0.2, 0.25) is 0 Å². The Kier molecular flexibility index (Phi) is 5.68. The number of H-pyrrole nitrogens is 1. The molecule has 2 aliphatic heterocycles. The molecular formula is C25H28N4O3. The zero-order valence-corrected chi connectivity index (χ0v) is 18.5. The summed E-state index contributed by atoms with van der Waals surface area (Å²) in [6.45, 7) is 9.35. The molecule has 1 saturated heterocycles. The van der Waals surface area contributed by atoms with Crippen molar-refractivity contribution in [2.45, 2.75) is 20.4 Å². The number of hydrogen-bond donors (Lipinski definition) is 2. The normalized spacial score (nSPS) is 17.8. The van der Waals surface area contributed by atoms with Gasteiger partial charge < -0.3 is 14.8 Å². The Bertz CT molecular complexity index is 1180. The van der Waals surface area contributed by atoms with Gasteiger partial charge in [0, 0.05) is 44.2 Å². The van der Waals surface area contributed by atoms with E-state index in [2.05, 4.69) is 34.3 Å². The Morgan fingerprint density at radius 2 is 2.00 bits per heavy atom. The first kappa shape index (κ1) is 20.7. The van der Waals surface area contributed by atoms with E-state index in [1.54, 1.807) is 6.08 Å². The van der Waals surface area contributed by atoms with E-state index in [9.17, 15) is 4.79 Å². The molecule has 2 aliphatic rings. The third-order valence-corrected chi connectivity index (χ3v) is 5.83.